The monoisotopic (exact) mass is 407 g/mol. The molecule has 3 unspecified atom stereocenters. The molecule has 3 aliphatic rings. The van der Waals surface area contributed by atoms with E-state index in [0.29, 0.717) is 11.2 Å². The van der Waals surface area contributed by atoms with Crippen LogP contribution in [0.2, 0.25) is 0 Å². The molecule has 1 aliphatic carbocycles. The zero-order chi connectivity index (χ0) is 19.6. The maximum Gasteiger partial charge on any atom is 0.190 e. The minimum atomic E-state index is -0.679. The van der Waals surface area contributed by atoms with Gasteiger partial charge in [-0.15, -0.1) is 0 Å². The van der Waals surface area contributed by atoms with E-state index in [0.717, 1.165) is 56.2 Å². The summed E-state index contributed by atoms with van der Waals surface area (Å²) in [5.74, 6) is 1.28. The second-order valence-corrected chi connectivity index (χ2v) is 9.10. The van der Waals surface area contributed by atoms with Gasteiger partial charge in [-0.2, -0.15) is 0 Å². The topological polar surface area (TPSA) is 58.0 Å². The number of pyridine rings is 1. The van der Waals surface area contributed by atoms with Crippen LogP contribution in [0.15, 0.2) is 59.7 Å². The van der Waals surface area contributed by atoms with Crippen molar-refractivity contribution in [1.29, 1.82) is 0 Å². The number of hydrogen-bond donors (Lipinski definition) is 1. The first-order valence-electron chi connectivity index (χ1n) is 10.2. The highest BCUT2D eigenvalue weighted by molar-refractivity contribution is 7.97. The number of fused-ring (bicyclic) bond motifs is 1. The van der Waals surface area contributed by atoms with Crippen LogP contribution in [0.5, 0.6) is 0 Å². The quantitative estimate of drug-likeness (QED) is 0.602. The number of aromatic nitrogens is 1. The van der Waals surface area contributed by atoms with Gasteiger partial charge in [0.15, 0.2) is 5.90 Å². The smallest absolute Gasteiger partial charge is 0.190 e. The van der Waals surface area contributed by atoms with E-state index >= 15 is 0 Å². The number of rotatable bonds is 5. The van der Waals surface area contributed by atoms with Crippen molar-refractivity contribution in [2.75, 3.05) is 13.2 Å². The molecule has 2 aliphatic heterocycles. The maximum absolute atomic E-state index is 10.7. The number of aliphatic hydroxyl groups excluding tert-OH is 1. The lowest BCUT2D eigenvalue weighted by molar-refractivity contribution is 0.215. The van der Waals surface area contributed by atoms with Gasteiger partial charge in [0.05, 0.1) is 18.2 Å². The highest BCUT2D eigenvalue weighted by Crippen LogP contribution is 2.36. The molecule has 6 heteroatoms. The van der Waals surface area contributed by atoms with Crippen molar-refractivity contribution >= 4 is 17.8 Å². The van der Waals surface area contributed by atoms with Crippen LogP contribution in [0, 0.1) is 5.92 Å². The summed E-state index contributed by atoms with van der Waals surface area (Å²) < 4.78 is 8.03. The third-order valence-electron chi connectivity index (χ3n) is 5.72. The van der Waals surface area contributed by atoms with Crippen LogP contribution in [-0.4, -0.2) is 38.7 Å². The Morgan fingerprint density at radius 1 is 1.10 bits per heavy atom. The van der Waals surface area contributed by atoms with Crippen molar-refractivity contribution in [2.45, 2.75) is 37.3 Å². The van der Waals surface area contributed by atoms with Crippen LogP contribution < -0.4 is 0 Å². The van der Waals surface area contributed by atoms with Gasteiger partial charge >= 0.3 is 0 Å². The summed E-state index contributed by atoms with van der Waals surface area (Å²) in [6, 6.07) is 11.8. The molecule has 3 heterocycles. The number of ether oxygens (including phenoxy) is 1. The molecular formula is C23H25N3O2S. The molecule has 5 rings (SSSR count). The van der Waals surface area contributed by atoms with Crippen molar-refractivity contribution in [3.63, 3.8) is 0 Å². The Labute approximate surface area is 175 Å². The predicted octanol–water partition coefficient (Wildman–Crippen LogP) is 3.89. The van der Waals surface area contributed by atoms with E-state index in [1.807, 2.05) is 48.5 Å². The third kappa shape index (κ3) is 4.10. The fourth-order valence-corrected chi connectivity index (χ4v) is 5.37. The van der Waals surface area contributed by atoms with Gasteiger partial charge in [-0.25, -0.2) is 4.31 Å². The Morgan fingerprint density at radius 3 is 2.72 bits per heavy atom. The fourth-order valence-electron chi connectivity index (χ4n) is 4.15. The predicted molar refractivity (Wildman–Crippen MR) is 115 cm³/mol. The first kappa shape index (κ1) is 18.9. The minimum Gasteiger partial charge on any atom is -0.479 e. The summed E-state index contributed by atoms with van der Waals surface area (Å²) in [5.41, 5.74) is 4.12. The lowest BCUT2D eigenvalue weighted by Gasteiger charge is -2.25. The normalized spacial score (nSPS) is 24.8. The van der Waals surface area contributed by atoms with Gasteiger partial charge in [0.25, 0.3) is 0 Å². The Balaban J connectivity index is 1.21. The second kappa shape index (κ2) is 8.30. The van der Waals surface area contributed by atoms with Crippen LogP contribution in [0.3, 0.4) is 0 Å². The van der Waals surface area contributed by atoms with E-state index in [1.165, 1.54) is 11.1 Å². The highest BCUT2D eigenvalue weighted by Gasteiger charge is 2.27. The van der Waals surface area contributed by atoms with Crippen molar-refractivity contribution in [3.05, 3.63) is 77.1 Å². The lowest BCUT2D eigenvalue weighted by atomic mass is 9.95. The van der Waals surface area contributed by atoms with Gasteiger partial charge in [-0.1, -0.05) is 54.4 Å². The molecule has 0 fully saturated rings. The molecule has 0 amide bonds. The largest absolute Gasteiger partial charge is 0.479 e. The molecular weight excluding hydrogens is 382 g/mol. The van der Waals surface area contributed by atoms with Gasteiger partial charge in [-0.3, -0.25) is 9.98 Å². The van der Waals surface area contributed by atoms with Crippen LogP contribution in [-0.2, 0) is 17.8 Å². The van der Waals surface area contributed by atoms with Crippen LogP contribution in [0.1, 0.15) is 41.3 Å². The maximum atomic E-state index is 10.7. The number of nitrogens with zero attached hydrogens (tertiary/aromatic N) is 3. The summed E-state index contributed by atoms with van der Waals surface area (Å²) in [6.07, 6.45) is 8.07. The van der Waals surface area contributed by atoms with E-state index in [-0.39, 0.29) is 0 Å². The van der Waals surface area contributed by atoms with Crippen molar-refractivity contribution in [1.82, 2.24) is 9.29 Å². The molecule has 1 aromatic carbocycles. The van der Waals surface area contributed by atoms with Gasteiger partial charge in [0.1, 0.15) is 12.7 Å². The number of aliphatic hydroxyl groups is 1. The molecule has 0 bridgehead atoms. The average Bonchev–Trinajstić information content (AvgIpc) is 3.43. The number of aliphatic imine (C=N–C) groups is 1. The van der Waals surface area contributed by atoms with Gasteiger partial charge < -0.3 is 9.84 Å². The Hall–Kier alpha value is -2.15. The number of benzene rings is 1. The molecule has 0 spiro atoms. The Bertz CT molecular complexity index is 931. The molecule has 2 aromatic rings. The van der Waals surface area contributed by atoms with Crippen LogP contribution >= 0.6 is 11.9 Å². The summed E-state index contributed by atoms with van der Waals surface area (Å²) in [7, 11) is 0. The van der Waals surface area contributed by atoms with Crippen LogP contribution in [0.4, 0.5) is 0 Å². The molecule has 1 N–H and O–H groups in total. The first-order valence-corrected chi connectivity index (χ1v) is 11.1. The molecule has 29 heavy (non-hydrogen) atoms. The van der Waals surface area contributed by atoms with Crippen molar-refractivity contribution in [2.24, 2.45) is 10.9 Å². The molecule has 0 radical (unpaired) electrons. The fraction of sp³-hybridized carbons (Fsp3) is 0.391. The molecule has 1 aromatic heterocycles. The Morgan fingerprint density at radius 2 is 1.97 bits per heavy atom. The van der Waals surface area contributed by atoms with E-state index in [1.54, 1.807) is 0 Å². The van der Waals surface area contributed by atoms with E-state index in [2.05, 4.69) is 32.5 Å². The molecule has 0 saturated carbocycles. The summed E-state index contributed by atoms with van der Waals surface area (Å²) in [6.45, 7) is 3.33. The van der Waals surface area contributed by atoms with E-state index < -0.39 is 6.10 Å². The summed E-state index contributed by atoms with van der Waals surface area (Å²) >= 11 is 1.92. The molecule has 0 saturated heterocycles. The Kier molecular flexibility index (Phi) is 5.40. The molecule has 5 nitrogen and oxygen atoms in total. The first-order chi connectivity index (χ1) is 14.3. The highest BCUT2D eigenvalue weighted by atomic mass is 32.2. The van der Waals surface area contributed by atoms with Crippen molar-refractivity contribution in [3.8, 4) is 0 Å². The van der Waals surface area contributed by atoms with Gasteiger partial charge in [0.2, 0.25) is 0 Å². The zero-order valence-corrected chi connectivity index (χ0v) is 17.1. The minimum absolute atomic E-state index is 0.358. The molecule has 150 valence electrons. The number of hydrogen-bond acceptors (Lipinski definition) is 6. The standard InChI is InChI=1S/C23H25N3O2S/c27-22(16-4-2-1-3-5-16)21-12-18-14-26(15-19(18)13-25-21)29-20-8-6-17(7-9-20)23-24-10-11-28-23/h1-6,8,12-13,17,20,22,27H,7,9-11,14-15H2. The second-order valence-electron chi connectivity index (χ2n) is 7.77. The van der Waals surface area contributed by atoms with E-state index in [9.17, 15) is 5.11 Å². The third-order valence-corrected chi connectivity index (χ3v) is 6.94. The summed E-state index contributed by atoms with van der Waals surface area (Å²) in [5, 5.41) is 11.1. The van der Waals surface area contributed by atoms with Gasteiger partial charge in [0, 0.05) is 24.5 Å². The lowest BCUT2D eigenvalue weighted by Crippen LogP contribution is -2.21. The summed E-state index contributed by atoms with van der Waals surface area (Å²) in [4.78, 5) is 8.99. The van der Waals surface area contributed by atoms with Crippen molar-refractivity contribution < 1.29 is 9.84 Å². The zero-order valence-electron chi connectivity index (χ0n) is 16.3. The average molecular weight is 408 g/mol. The van der Waals surface area contributed by atoms with E-state index in [4.69, 9.17) is 4.74 Å². The van der Waals surface area contributed by atoms with Crippen LogP contribution in [0.25, 0.3) is 0 Å². The molecule has 3 atom stereocenters. The SMILES string of the molecule is OC(c1ccccc1)c1cc2c(cn1)CN(SC1C=CC(C3=NCCO3)CC1)C2. The van der Waals surface area contributed by atoms with Gasteiger partial charge in [-0.05, 0) is 35.6 Å².